The van der Waals surface area contributed by atoms with Crippen LogP contribution in [0.3, 0.4) is 0 Å². The molecular weight excluding hydrogens is 266 g/mol. The average Bonchev–Trinajstić information content (AvgIpc) is 2.39. The van der Waals surface area contributed by atoms with E-state index in [1.165, 1.54) is 18.3 Å². The van der Waals surface area contributed by atoms with E-state index in [0.717, 1.165) is 0 Å². The standard InChI is InChI=1S/C13H10ClN3O2/c1-2-19-13(18)10-3-11(14)5-12(4-10)17-8-9(6-15)7-16/h3-5,8,17H,2H2,1H3. The zero-order valence-electron chi connectivity index (χ0n) is 10.1. The van der Waals surface area contributed by atoms with Crippen molar-refractivity contribution in [3.8, 4) is 12.1 Å². The summed E-state index contributed by atoms with van der Waals surface area (Å²) in [4.78, 5) is 11.6. The molecule has 6 heteroatoms. The van der Waals surface area contributed by atoms with E-state index in [0.29, 0.717) is 16.3 Å². The molecule has 1 aromatic carbocycles. The molecule has 5 nitrogen and oxygen atoms in total. The van der Waals surface area contributed by atoms with Crippen molar-refractivity contribution in [2.75, 3.05) is 11.9 Å². The quantitative estimate of drug-likeness (QED) is 0.674. The van der Waals surface area contributed by atoms with Crippen LogP contribution in [0.15, 0.2) is 30.0 Å². The fourth-order valence-corrected chi connectivity index (χ4v) is 1.49. The van der Waals surface area contributed by atoms with E-state index >= 15 is 0 Å². The fourth-order valence-electron chi connectivity index (χ4n) is 1.25. The van der Waals surface area contributed by atoms with Gasteiger partial charge in [0.2, 0.25) is 0 Å². The Balaban J connectivity index is 2.98. The van der Waals surface area contributed by atoms with Crippen molar-refractivity contribution in [2.24, 2.45) is 0 Å². The lowest BCUT2D eigenvalue weighted by molar-refractivity contribution is 0.0526. The van der Waals surface area contributed by atoms with Gasteiger partial charge in [-0.2, -0.15) is 10.5 Å². The molecule has 96 valence electrons. The highest BCUT2D eigenvalue weighted by atomic mass is 35.5. The van der Waals surface area contributed by atoms with Gasteiger partial charge in [0.05, 0.1) is 12.2 Å². The molecule has 0 atom stereocenters. The maximum atomic E-state index is 11.6. The van der Waals surface area contributed by atoms with Crippen LogP contribution in [0.1, 0.15) is 17.3 Å². The van der Waals surface area contributed by atoms with Crippen LogP contribution in [0.25, 0.3) is 0 Å². The molecular formula is C13H10ClN3O2. The minimum atomic E-state index is -0.488. The number of nitriles is 2. The van der Waals surface area contributed by atoms with Crippen molar-refractivity contribution in [2.45, 2.75) is 6.92 Å². The van der Waals surface area contributed by atoms with Crippen molar-refractivity contribution < 1.29 is 9.53 Å². The average molecular weight is 276 g/mol. The van der Waals surface area contributed by atoms with Crippen LogP contribution < -0.4 is 5.32 Å². The first kappa shape index (κ1) is 14.6. The van der Waals surface area contributed by atoms with E-state index in [1.54, 1.807) is 25.1 Å². The molecule has 0 radical (unpaired) electrons. The highest BCUT2D eigenvalue weighted by Gasteiger charge is 2.08. The summed E-state index contributed by atoms with van der Waals surface area (Å²) in [7, 11) is 0. The van der Waals surface area contributed by atoms with Gasteiger partial charge in [-0.1, -0.05) is 11.6 Å². The summed E-state index contributed by atoms with van der Waals surface area (Å²) >= 11 is 5.88. The maximum Gasteiger partial charge on any atom is 0.338 e. The number of hydrogen-bond donors (Lipinski definition) is 1. The van der Waals surface area contributed by atoms with Crippen molar-refractivity contribution in [3.63, 3.8) is 0 Å². The monoisotopic (exact) mass is 275 g/mol. The number of carbonyl (C=O) groups excluding carboxylic acids is 1. The van der Waals surface area contributed by atoms with Gasteiger partial charge < -0.3 is 10.1 Å². The summed E-state index contributed by atoms with van der Waals surface area (Å²) in [5.41, 5.74) is 0.692. The number of rotatable bonds is 4. The number of benzene rings is 1. The van der Waals surface area contributed by atoms with Crippen LogP contribution in [-0.2, 0) is 4.74 Å². The molecule has 0 aliphatic rings. The van der Waals surface area contributed by atoms with Crippen molar-refractivity contribution in [3.05, 3.63) is 40.6 Å². The number of nitrogens with one attached hydrogen (secondary N) is 1. The first-order valence-electron chi connectivity index (χ1n) is 5.35. The lowest BCUT2D eigenvalue weighted by atomic mass is 10.2. The van der Waals surface area contributed by atoms with Crippen LogP contribution in [0.4, 0.5) is 5.69 Å². The number of hydrogen-bond acceptors (Lipinski definition) is 5. The maximum absolute atomic E-state index is 11.6. The number of halogens is 1. The van der Waals surface area contributed by atoms with Gasteiger partial charge in [-0.05, 0) is 25.1 Å². The Morgan fingerprint density at radius 2 is 2.11 bits per heavy atom. The van der Waals surface area contributed by atoms with E-state index in [2.05, 4.69) is 5.32 Å². The summed E-state index contributed by atoms with van der Waals surface area (Å²) in [6.07, 6.45) is 1.24. The largest absolute Gasteiger partial charge is 0.462 e. The first-order chi connectivity index (χ1) is 9.10. The van der Waals surface area contributed by atoms with Crippen LogP contribution >= 0.6 is 11.6 Å². The highest BCUT2D eigenvalue weighted by molar-refractivity contribution is 6.31. The summed E-state index contributed by atoms with van der Waals surface area (Å²) in [6, 6.07) is 7.97. The summed E-state index contributed by atoms with van der Waals surface area (Å²) < 4.78 is 4.86. The van der Waals surface area contributed by atoms with Gasteiger partial charge >= 0.3 is 5.97 Å². The van der Waals surface area contributed by atoms with Gasteiger partial charge in [0.1, 0.15) is 17.7 Å². The second-order valence-corrected chi connectivity index (χ2v) is 3.81. The molecule has 0 spiro atoms. The number of nitrogens with zero attached hydrogens (tertiary/aromatic N) is 2. The topological polar surface area (TPSA) is 85.9 Å². The third-order valence-corrected chi connectivity index (χ3v) is 2.25. The number of allylic oxidation sites excluding steroid dienone is 1. The molecule has 0 amide bonds. The van der Waals surface area contributed by atoms with Gasteiger partial charge in [-0.15, -0.1) is 0 Å². The molecule has 0 aromatic heterocycles. The van der Waals surface area contributed by atoms with E-state index in [1.807, 2.05) is 0 Å². The molecule has 0 aliphatic carbocycles. The molecule has 1 N–H and O–H groups in total. The summed E-state index contributed by atoms with van der Waals surface area (Å²) in [5, 5.41) is 20.3. The molecule has 0 saturated heterocycles. The summed E-state index contributed by atoms with van der Waals surface area (Å²) in [6.45, 7) is 1.97. The van der Waals surface area contributed by atoms with E-state index in [-0.39, 0.29) is 12.2 Å². The van der Waals surface area contributed by atoms with Gasteiger partial charge in [0.15, 0.2) is 0 Å². The number of esters is 1. The molecule has 0 fully saturated rings. The number of ether oxygens (including phenoxy) is 1. The first-order valence-corrected chi connectivity index (χ1v) is 5.73. The van der Waals surface area contributed by atoms with E-state index in [9.17, 15) is 4.79 Å². The Hall–Kier alpha value is -2.50. The van der Waals surface area contributed by atoms with Gasteiger partial charge in [-0.3, -0.25) is 0 Å². The molecule has 0 heterocycles. The summed E-state index contributed by atoms with van der Waals surface area (Å²) in [5.74, 6) is -0.488. The van der Waals surface area contributed by atoms with E-state index in [4.69, 9.17) is 26.9 Å². The van der Waals surface area contributed by atoms with Gasteiger partial charge in [-0.25, -0.2) is 4.79 Å². The lowest BCUT2D eigenvalue weighted by Gasteiger charge is -2.06. The number of carbonyl (C=O) groups is 1. The Morgan fingerprint density at radius 1 is 1.42 bits per heavy atom. The van der Waals surface area contributed by atoms with Gasteiger partial charge in [0, 0.05) is 16.9 Å². The zero-order valence-corrected chi connectivity index (χ0v) is 10.9. The lowest BCUT2D eigenvalue weighted by Crippen LogP contribution is -2.05. The molecule has 0 unspecified atom stereocenters. The predicted octanol–water partition coefficient (Wildman–Crippen LogP) is 2.86. The normalized spacial score (nSPS) is 8.84. The van der Waals surface area contributed by atoms with Gasteiger partial charge in [0.25, 0.3) is 0 Å². The Labute approximate surface area is 115 Å². The molecule has 0 bridgehead atoms. The predicted molar refractivity (Wildman–Crippen MR) is 70.3 cm³/mol. The second kappa shape index (κ2) is 7.05. The minimum Gasteiger partial charge on any atom is -0.462 e. The molecule has 1 aromatic rings. The Kier molecular flexibility index (Phi) is 5.40. The van der Waals surface area contributed by atoms with Crippen molar-refractivity contribution >= 4 is 23.3 Å². The number of anilines is 1. The van der Waals surface area contributed by atoms with Crippen molar-refractivity contribution in [1.29, 1.82) is 10.5 Å². The molecule has 19 heavy (non-hydrogen) atoms. The fraction of sp³-hybridized carbons (Fsp3) is 0.154. The molecule has 0 aliphatic heterocycles. The molecule has 1 rings (SSSR count). The molecule has 0 saturated carbocycles. The minimum absolute atomic E-state index is 0.0855. The smallest absolute Gasteiger partial charge is 0.338 e. The Morgan fingerprint density at radius 3 is 2.68 bits per heavy atom. The third-order valence-electron chi connectivity index (χ3n) is 2.03. The second-order valence-electron chi connectivity index (χ2n) is 3.38. The third kappa shape index (κ3) is 4.34. The highest BCUT2D eigenvalue weighted by Crippen LogP contribution is 2.20. The zero-order chi connectivity index (χ0) is 14.3. The van der Waals surface area contributed by atoms with E-state index < -0.39 is 5.97 Å². The van der Waals surface area contributed by atoms with Crippen LogP contribution in [0.2, 0.25) is 5.02 Å². The Bertz CT molecular complexity index is 581. The van der Waals surface area contributed by atoms with Crippen molar-refractivity contribution in [1.82, 2.24) is 0 Å². The van der Waals surface area contributed by atoms with Crippen LogP contribution in [0.5, 0.6) is 0 Å². The van der Waals surface area contributed by atoms with Crippen LogP contribution in [-0.4, -0.2) is 12.6 Å². The van der Waals surface area contributed by atoms with Crippen LogP contribution in [0, 0.1) is 22.7 Å². The SMILES string of the molecule is CCOC(=O)c1cc(Cl)cc(NC=C(C#N)C#N)c1.